The van der Waals surface area contributed by atoms with E-state index in [1.807, 2.05) is 6.92 Å². The van der Waals surface area contributed by atoms with Crippen LogP contribution >= 0.6 is 15.9 Å². The molecule has 0 aliphatic carbocycles. The predicted octanol–water partition coefficient (Wildman–Crippen LogP) is 2.97. The molecule has 0 fully saturated rings. The molecule has 5 nitrogen and oxygen atoms in total. The lowest BCUT2D eigenvalue weighted by Crippen LogP contribution is -2.36. The van der Waals surface area contributed by atoms with Crippen molar-refractivity contribution in [2.24, 2.45) is 0 Å². The molecule has 2 N–H and O–H groups in total. The molecule has 0 bridgehead atoms. The summed E-state index contributed by atoms with van der Waals surface area (Å²) < 4.78 is 5.40. The zero-order valence-corrected chi connectivity index (χ0v) is 13.8. The number of carboxylic acid groups (broad SMARTS) is 1. The highest BCUT2D eigenvalue weighted by Gasteiger charge is 2.16. The van der Waals surface area contributed by atoms with Crippen LogP contribution in [0, 0.1) is 0 Å². The van der Waals surface area contributed by atoms with Crippen LogP contribution in [0.15, 0.2) is 22.7 Å². The Morgan fingerprint density at radius 2 is 2.14 bits per heavy atom. The number of esters is 1. The van der Waals surface area contributed by atoms with Crippen molar-refractivity contribution in [3.05, 3.63) is 33.8 Å². The molecule has 0 aliphatic heterocycles. The largest absolute Gasteiger partial charge is 0.480 e. The highest BCUT2D eigenvalue weighted by Crippen LogP contribution is 2.19. The van der Waals surface area contributed by atoms with Gasteiger partial charge in [0.1, 0.15) is 6.04 Å². The van der Waals surface area contributed by atoms with Crippen molar-refractivity contribution >= 4 is 27.9 Å². The zero-order chi connectivity index (χ0) is 15.8. The smallest absolute Gasteiger partial charge is 0.337 e. The Balaban J connectivity index is 2.70. The number of rotatable bonds is 8. The van der Waals surface area contributed by atoms with E-state index >= 15 is 0 Å². The van der Waals surface area contributed by atoms with E-state index in [0.717, 1.165) is 22.9 Å². The topological polar surface area (TPSA) is 75.6 Å². The number of unbranched alkanes of at least 4 members (excludes halogenated alkanes) is 1. The summed E-state index contributed by atoms with van der Waals surface area (Å²) in [5.41, 5.74) is 1.35. The monoisotopic (exact) mass is 357 g/mol. The second kappa shape index (κ2) is 8.79. The molecule has 1 unspecified atom stereocenters. The molecule has 0 amide bonds. The van der Waals surface area contributed by atoms with Gasteiger partial charge in [-0.1, -0.05) is 41.8 Å². The predicted molar refractivity (Wildman–Crippen MR) is 83.3 cm³/mol. The summed E-state index contributed by atoms with van der Waals surface area (Å²) in [5, 5.41) is 12.2. The van der Waals surface area contributed by atoms with Gasteiger partial charge in [0.15, 0.2) is 0 Å². The van der Waals surface area contributed by atoms with Gasteiger partial charge in [-0.3, -0.25) is 4.79 Å². The third-order valence-corrected chi connectivity index (χ3v) is 3.90. The van der Waals surface area contributed by atoms with Crippen molar-refractivity contribution in [3.63, 3.8) is 0 Å². The van der Waals surface area contributed by atoms with Gasteiger partial charge in [-0.05, 0) is 24.1 Å². The molecule has 0 aromatic heterocycles. The van der Waals surface area contributed by atoms with Gasteiger partial charge < -0.3 is 15.2 Å². The van der Waals surface area contributed by atoms with Gasteiger partial charge >= 0.3 is 11.9 Å². The number of aliphatic carboxylic acids is 1. The maximum atomic E-state index is 11.4. The molecular weight excluding hydrogens is 338 g/mol. The summed E-state index contributed by atoms with van der Waals surface area (Å²) in [4.78, 5) is 22.6. The number of nitrogens with one attached hydrogen (secondary N) is 1. The minimum absolute atomic E-state index is 0.401. The van der Waals surface area contributed by atoms with E-state index < -0.39 is 18.0 Å². The van der Waals surface area contributed by atoms with Gasteiger partial charge in [0.2, 0.25) is 0 Å². The third-order valence-electron chi connectivity index (χ3n) is 3.16. The van der Waals surface area contributed by atoms with Crippen LogP contribution in [-0.2, 0) is 16.1 Å². The van der Waals surface area contributed by atoms with Gasteiger partial charge in [0.25, 0.3) is 0 Å². The fourth-order valence-corrected chi connectivity index (χ4v) is 2.41. The molecule has 0 saturated heterocycles. The lowest BCUT2D eigenvalue weighted by Gasteiger charge is -2.15. The van der Waals surface area contributed by atoms with Gasteiger partial charge in [0.05, 0.1) is 12.7 Å². The van der Waals surface area contributed by atoms with E-state index in [9.17, 15) is 9.59 Å². The molecule has 0 spiro atoms. The van der Waals surface area contributed by atoms with E-state index in [0.29, 0.717) is 18.5 Å². The van der Waals surface area contributed by atoms with Crippen LogP contribution in [0.4, 0.5) is 0 Å². The molecule has 1 aromatic rings. The fraction of sp³-hybridized carbons (Fsp3) is 0.467. The van der Waals surface area contributed by atoms with Crippen LogP contribution in [-0.4, -0.2) is 30.2 Å². The van der Waals surface area contributed by atoms with Crippen LogP contribution in [0.25, 0.3) is 0 Å². The zero-order valence-electron chi connectivity index (χ0n) is 12.2. The Morgan fingerprint density at radius 3 is 2.67 bits per heavy atom. The Kier molecular flexibility index (Phi) is 7.39. The fourth-order valence-electron chi connectivity index (χ4n) is 1.89. The maximum absolute atomic E-state index is 11.4. The lowest BCUT2D eigenvalue weighted by molar-refractivity contribution is -0.139. The number of hydrogen-bond donors (Lipinski definition) is 2. The first kappa shape index (κ1) is 17.7. The second-order valence-electron chi connectivity index (χ2n) is 4.71. The van der Waals surface area contributed by atoms with Crippen LogP contribution < -0.4 is 5.32 Å². The van der Waals surface area contributed by atoms with E-state index in [1.54, 1.807) is 18.2 Å². The van der Waals surface area contributed by atoms with Gasteiger partial charge in [-0.15, -0.1) is 0 Å². The summed E-state index contributed by atoms with van der Waals surface area (Å²) in [6, 6.07) is 4.56. The quantitative estimate of drug-likeness (QED) is 0.699. The number of carbonyl (C=O) groups is 2. The van der Waals surface area contributed by atoms with Crippen molar-refractivity contribution in [1.82, 2.24) is 5.32 Å². The lowest BCUT2D eigenvalue weighted by atomic mass is 10.1. The van der Waals surface area contributed by atoms with Crippen LogP contribution in [0.1, 0.15) is 42.1 Å². The molecule has 116 valence electrons. The summed E-state index contributed by atoms with van der Waals surface area (Å²) >= 11 is 3.39. The Bertz CT molecular complexity index is 504. The van der Waals surface area contributed by atoms with Gasteiger partial charge in [0, 0.05) is 11.0 Å². The number of carbonyl (C=O) groups excluding carboxylic acids is 1. The third kappa shape index (κ3) is 5.47. The van der Waals surface area contributed by atoms with E-state index in [4.69, 9.17) is 5.11 Å². The number of ether oxygens (including phenoxy) is 1. The maximum Gasteiger partial charge on any atom is 0.337 e. The van der Waals surface area contributed by atoms with Crippen molar-refractivity contribution in [3.8, 4) is 0 Å². The molecule has 6 heteroatoms. The molecule has 21 heavy (non-hydrogen) atoms. The molecule has 1 aromatic carbocycles. The van der Waals surface area contributed by atoms with Crippen LogP contribution in [0.2, 0.25) is 0 Å². The summed E-state index contributed by atoms with van der Waals surface area (Å²) in [5.74, 6) is -1.24. The standard InChI is InChI=1S/C15H20BrNO4/c1-3-4-5-13(14(18)19)17-9-11-7-6-10(8-12(11)16)15(20)21-2/h6-8,13,17H,3-5,9H2,1-2H3,(H,18,19). The van der Waals surface area contributed by atoms with E-state index in [-0.39, 0.29) is 0 Å². The average Bonchev–Trinajstić information content (AvgIpc) is 2.47. The van der Waals surface area contributed by atoms with Crippen molar-refractivity contribution < 1.29 is 19.4 Å². The van der Waals surface area contributed by atoms with Crippen molar-refractivity contribution in [2.75, 3.05) is 7.11 Å². The Morgan fingerprint density at radius 1 is 1.43 bits per heavy atom. The van der Waals surface area contributed by atoms with Crippen molar-refractivity contribution in [1.29, 1.82) is 0 Å². The molecule has 1 atom stereocenters. The van der Waals surface area contributed by atoms with Crippen LogP contribution in [0.5, 0.6) is 0 Å². The number of hydrogen-bond acceptors (Lipinski definition) is 4. The van der Waals surface area contributed by atoms with E-state index in [1.165, 1.54) is 7.11 Å². The first-order chi connectivity index (χ1) is 9.99. The first-order valence-corrected chi connectivity index (χ1v) is 7.61. The number of carboxylic acids is 1. The Hall–Kier alpha value is -1.40. The minimum atomic E-state index is -0.842. The average molecular weight is 358 g/mol. The molecular formula is C15H20BrNO4. The number of methoxy groups -OCH3 is 1. The molecule has 0 aliphatic rings. The number of benzene rings is 1. The SMILES string of the molecule is CCCCC(NCc1ccc(C(=O)OC)cc1Br)C(=O)O. The molecule has 1 rings (SSSR count). The summed E-state index contributed by atoms with van der Waals surface area (Å²) in [6.07, 6.45) is 2.43. The van der Waals surface area contributed by atoms with Crippen LogP contribution in [0.3, 0.4) is 0 Å². The van der Waals surface area contributed by atoms with Gasteiger partial charge in [-0.2, -0.15) is 0 Å². The highest BCUT2D eigenvalue weighted by molar-refractivity contribution is 9.10. The highest BCUT2D eigenvalue weighted by atomic mass is 79.9. The van der Waals surface area contributed by atoms with E-state index in [2.05, 4.69) is 26.0 Å². The Labute approximate surface area is 132 Å². The minimum Gasteiger partial charge on any atom is -0.480 e. The first-order valence-electron chi connectivity index (χ1n) is 6.82. The normalized spacial score (nSPS) is 12.0. The molecule has 0 heterocycles. The molecule has 0 radical (unpaired) electrons. The molecule has 0 saturated carbocycles. The summed E-state index contributed by atoms with van der Waals surface area (Å²) in [7, 11) is 1.33. The second-order valence-corrected chi connectivity index (χ2v) is 5.57. The van der Waals surface area contributed by atoms with Gasteiger partial charge in [-0.25, -0.2) is 4.79 Å². The number of halogens is 1. The summed E-state index contributed by atoms with van der Waals surface area (Å²) in [6.45, 7) is 2.45. The van der Waals surface area contributed by atoms with Crippen molar-refractivity contribution in [2.45, 2.75) is 38.8 Å².